The molecule has 0 atom stereocenters. The zero-order valence-electron chi connectivity index (χ0n) is 20.8. The minimum absolute atomic E-state index is 1.00. The maximum atomic E-state index is 8.00. The standard InChI is InChI=1S/C27H50N.HNO2/c1-4-5-6-7-8-9-10-11-12-13-14-15-16-17-18-22-25-28(2,3)26-27-23-20-19-21-24-27;2-1-3/h19-21,23-24H,4-18,22,25-26H2,1-3H3;(H,2,3)/q+1;/p-1. The van der Waals surface area contributed by atoms with Crippen LogP contribution in [0.15, 0.2) is 35.7 Å². The predicted octanol–water partition coefficient (Wildman–Crippen LogP) is 8.78. The predicted molar refractivity (Wildman–Crippen MR) is 136 cm³/mol. The fourth-order valence-corrected chi connectivity index (χ4v) is 4.24. The van der Waals surface area contributed by atoms with Gasteiger partial charge in [0.05, 0.1) is 20.6 Å². The lowest BCUT2D eigenvalue weighted by molar-refractivity contribution is -0.903. The third-order valence-electron chi connectivity index (χ3n) is 6.07. The van der Waals surface area contributed by atoms with E-state index >= 15 is 0 Å². The first-order chi connectivity index (χ1) is 15.1. The number of unbranched alkanes of at least 4 members (excludes halogenated alkanes) is 15. The van der Waals surface area contributed by atoms with Crippen molar-refractivity contribution in [1.82, 2.24) is 0 Å². The molecule has 180 valence electrons. The molecule has 4 heteroatoms. The van der Waals surface area contributed by atoms with Crippen LogP contribution in [0.4, 0.5) is 0 Å². The van der Waals surface area contributed by atoms with Gasteiger partial charge in [-0.25, -0.2) is 0 Å². The Morgan fingerprint density at radius 1 is 0.677 bits per heavy atom. The summed E-state index contributed by atoms with van der Waals surface area (Å²) in [5.41, 5.74) is 1.46. The maximum absolute atomic E-state index is 8.00. The van der Waals surface area contributed by atoms with E-state index < -0.39 is 0 Å². The number of nitrogens with zero attached hydrogens (tertiary/aromatic N) is 2. The first kappa shape index (κ1) is 29.6. The summed E-state index contributed by atoms with van der Waals surface area (Å²) in [7, 11) is 4.75. The Balaban J connectivity index is 0.00000282. The monoisotopic (exact) mass is 434 g/mol. The highest BCUT2D eigenvalue weighted by Crippen LogP contribution is 2.15. The summed E-state index contributed by atoms with van der Waals surface area (Å²) < 4.78 is 1.11. The van der Waals surface area contributed by atoms with Crippen molar-refractivity contribution >= 4 is 0 Å². The lowest BCUT2D eigenvalue weighted by Crippen LogP contribution is -2.39. The molecule has 1 aromatic rings. The molecule has 0 saturated heterocycles. The van der Waals surface area contributed by atoms with E-state index in [0.717, 1.165) is 16.4 Å². The Morgan fingerprint density at radius 3 is 1.42 bits per heavy atom. The van der Waals surface area contributed by atoms with E-state index in [1.54, 1.807) is 0 Å². The zero-order valence-corrected chi connectivity index (χ0v) is 20.8. The highest BCUT2D eigenvalue weighted by atomic mass is 16.6. The molecular formula is C27H50N2O2. The van der Waals surface area contributed by atoms with E-state index in [4.69, 9.17) is 10.1 Å². The second-order valence-corrected chi connectivity index (χ2v) is 9.68. The average Bonchev–Trinajstić information content (AvgIpc) is 2.74. The first-order valence-corrected chi connectivity index (χ1v) is 12.9. The van der Waals surface area contributed by atoms with Crippen molar-refractivity contribution in [2.24, 2.45) is 5.34 Å². The van der Waals surface area contributed by atoms with E-state index in [1.165, 1.54) is 115 Å². The average molecular weight is 435 g/mol. The molecule has 31 heavy (non-hydrogen) atoms. The first-order valence-electron chi connectivity index (χ1n) is 12.9. The molecule has 0 aliphatic rings. The molecule has 0 radical (unpaired) electrons. The lowest BCUT2D eigenvalue weighted by Gasteiger charge is -2.30. The van der Waals surface area contributed by atoms with Gasteiger partial charge in [0.2, 0.25) is 0 Å². The van der Waals surface area contributed by atoms with E-state index in [1.807, 2.05) is 0 Å². The maximum Gasteiger partial charge on any atom is 0.104 e. The molecule has 0 saturated carbocycles. The van der Waals surface area contributed by atoms with Gasteiger partial charge in [-0.15, -0.1) is 5.34 Å². The molecule has 0 bridgehead atoms. The summed E-state index contributed by atoms with van der Waals surface area (Å²) in [4.78, 5) is 8.00. The van der Waals surface area contributed by atoms with Gasteiger partial charge in [-0.3, -0.25) is 0 Å². The van der Waals surface area contributed by atoms with Crippen LogP contribution in [0.2, 0.25) is 0 Å². The number of rotatable bonds is 19. The Kier molecular flexibility index (Phi) is 20.8. The summed E-state index contributed by atoms with van der Waals surface area (Å²) >= 11 is 0. The Bertz CT molecular complexity index is 491. The topological polar surface area (TPSA) is 52.5 Å². The molecule has 0 heterocycles. The van der Waals surface area contributed by atoms with Crippen LogP contribution >= 0.6 is 0 Å². The molecule has 1 aromatic carbocycles. The van der Waals surface area contributed by atoms with Gasteiger partial charge in [-0.1, -0.05) is 127 Å². The fraction of sp³-hybridized carbons (Fsp3) is 0.778. The van der Waals surface area contributed by atoms with Gasteiger partial charge in [0.25, 0.3) is 0 Å². The molecule has 0 unspecified atom stereocenters. The van der Waals surface area contributed by atoms with Crippen LogP contribution in [0.3, 0.4) is 0 Å². The zero-order chi connectivity index (χ0) is 23.0. The van der Waals surface area contributed by atoms with Crippen molar-refractivity contribution in [1.29, 1.82) is 0 Å². The van der Waals surface area contributed by atoms with Crippen LogP contribution in [-0.4, -0.2) is 25.1 Å². The van der Waals surface area contributed by atoms with Gasteiger partial charge < -0.3 is 14.6 Å². The lowest BCUT2D eigenvalue weighted by atomic mass is 10.0. The molecule has 1 rings (SSSR count). The third-order valence-corrected chi connectivity index (χ3v) is 6.07. The summed E-state index contributed by atoms with van der Waals surface area (Å²) in [5.74, 6) is 0. The third kappa shape index (κ3) is 21.6. The van der Waals surface area contributed by atoms with E-state index in [9.17, 15) is 0 Å². The molecule has 0 aliphatic heterocycles. The smallest absolute Gasteiger partial charge is 0.104 e. The van der Waals surface area contributed by atoms with Gasteiger partial charge in [0.1, 0.15) is 6.54 Å². The van der Waals surface area contributed by atoms with E-state index in [0.29, 0.717) is 0 Å². The molecule has 0 aromatic heterocycles. The van der Waals surface area contributed by atoms with Gasteiger partial charge in [0.15, 0.2) is 0 Å². The molecule has 0 N–H and O–H groups in total. The summed E-state index contributed by atoms with van der Waals surface area (Å²) in [6, 6.07) is 10.9. The van der Waals surface area contributed by atoms with Crippen molar-refractivity contribution in [2.75, 3.05) is 20.6 Å². The van der Waals surface area contributed by atoms with Crippen molar-refractivity contribution < 1.29 is 4.48 Å². The number of benzene rings is 1. The molecule has 4 nitrogen and oxygen atoms in total. The normalized spacial score (nSPS) is 11.1. The molecule has 0 aliphatic carbocycles. The Labute approximate surface area is 193 Å². The molecule has 0 fully saturated rings. The van der Waals surface area contributed by atoms with Crippen molar-refractivity contribution in [3.8, 4) is 0 Å². The van der Waals surface area contributed by atoms with Crippen molar-refractivity contribution in [2.45, 2.75) is 116 Å². The minimum atomic E-state index is 1.00. The number of hydrogen-bond donors (Lipinski definition) is 0. The highest BCUT2D eigenvalue weighted by molar-refractivity contribution is 5.13. The van der Waals surface area contributed by atoms with E-state index in [-0.39, 0.29) is 0 Å². The van der Waals surface area contributed by atoms with Crippen LogP contribution in [0.1, 0.15) is 115 Å². The Hall–Kier alpha value is -1.42. The second kappa shape index (κ2) is 21.8. The van der Waals surface area contributed by atoms with Gasteiger partial charge in [-0.05, 0) is 12.8 Å². The fourth-order valence-electron chi connectivity index (χ4n) is 4.24. The van der Waals surface area contributed by atoms with Crippen LogP contribution < -0.4 is 0 Å². The molecular weight excluding hydrogens is 384 g/mol. The van der Waals surface area contributed by atoms with Crippen LogP contribution in [0.25, 0.3) is 0 Å². The largest absolute Gasteiger partial charge is 0.444 e. The summed E-state index contributed by atoms with van der Waals surface area (Å²) in [6.07, 6.45) is 23.2. The molecule has 0 amide bonds. The van der Waals surface area contributed by atoms with E-state index in [2.05, 4.69) is 51.4 Å². The summed E-state index contributed by atoms with van der Waals surface area (Å²) in [5, 5.41) is 9.00. The van der Waals surface area contributed by atoms with Gasteiger partial charge in [-0.2, -0.15) is 0 Å². The van der Waals surface area contributed by atoms with Crippen LogP contribution in [0, 0.1) is 10.1 Å². The van der Waals surface area contributed by atoms with Crippen LogP contribution in [-0.2, 0) is 6.54 Å². The SMILES string of the molecule is CCCCCCCCCCCCCCCCCC[N+](C)(C)Cc1ccccc1.O=N[O-]. The van der Waals surface area contributed by atoms with Crippen molar-refractivity contribution in [3.63, 3.8) is 0 Å². The van der Waals surface area contributed by atoms with Gasteiger partial charge in [0, 0.05) is 5.56 Å². The minimum Gasteiger partial charge on any atom is -0.444 e. The number of quaternary nitrogens is 1. The number of hydrogen-bond acceptors (Lipinski definition) is 3. The summed E-state index contributed by atoms with van der Waals surface area (Å²) in [6.45, 7) is 4.75. The molecule has 0 spiro atoms. The van der Waals surface area contributed by atoms with Crippen LogP contribution in [0.5, 0.6) is 0 Å². The quantitative estimate of drug-likeness (QED) is 0.0945. The Morgan fingerprint density at radius 2 is 1.03 bits per heavy atom. The second-order valence-electron chi connectivity index (χ2n) is 9.68. The van der Waals surface area contributed by atoms with Gasteiger partial charge >= 0.3 is 0 Å². The van der Waals surface area contributed by atoms with Crippen molar-refractivity contribution in [3.05, 3.63) is 46.0 Å². The highest BCUT2D eigenvalue weighted by Gasteiger charge is 2.14.